The van der Waals surface area contributed by atoms with E-state index in [1.807, 2.05) is 0 Å². The molecule has 61 heavy (non-hydrogen) atoms. The number of hydrogen-bond donors (Lipinski definition) is 17. The van der Waals surface area contributed by atoms with Crippen LogP contribution in [-0.2, 0) is 52.1 Å². The third-order valence-corrected chi connectivity index (χ3v) is 11.3. The minimum Gasteiger partial charge on any atom is -0.394 e. The highest BCUT2D eigenvalue weighted by Gasteiger charge is 2.58. The molecular formula is C33H56O28. The van der Waals surface area contributed by atoms with Crippen LogP contribution in [0.5, 0.6) is 0 Å². The fourth-order valence-corrected chi connectivity index (χ4v) is 7.61. The zero-order valence-corrected chi connectivity index (χ0v) is 31.9. The number of hydrogen-bond acceptors (Lipinski definition) is 28. The normalized spacial score (nSPS) is 53.8. The molecule has 0 radical (unpaired) electrons. The molecule has 0 bridgehead atoms. The Hall–Kier alpha value is -1.12. The molecule has 0 aromatic carbocycles. The summed E-state index contributed by atoms with van der Waals surface area (Å²) < 4.78 is 61.8. The number of rotatable bonds is 13. The second-order valence-corrected chi connectivity index (χ2v) is 15.4. The van der Waals surface area contributed by atoms with E-state index >= 15 is 0 Å². The molecule has 27 atom stereocenters. The van der Waals surface area contributed by atoms with E-state index < -0.39 is 206 Å². The maximum Gasteiger partial charge on any atom is 0.187 e. The summed E-state index contributed by atoms with van der Waals surface area (Å²) in [5, 5.41) is 179. The Balaban J connectivity index is 1.30. The molecule has 28 nitrogen and oxygen atoms in total. The smallest absolute Gasteiger partial charge is 0.187 e. The van der Waals surface area contributed by atoms with Gasteiger partial charge in [0.05, 0.1) is 39.6 Å². The van der Waals surface area contributed by atoms with Gasteiger partial charge < -0.3 is 139 Å². The van der Waals surface area contributed by atoms with Crippen LogP contribution in [0.4, 0.5) is 0 Å². The lowest BCUT2D eigenvalue weighted by atomic mass is 9.95. The van der Waals surface area contributed by atoms with Crippen molar-refractivity contribution in [1.29, 1.82) is 0 Å². The van der Waals surface area contributed by atoms with Gasteiger partial charge in [0.25, 0.3) is 0 Å². The van der Waals surface area contributed by atoms with Gasteiger partial charge in [-0.05, 0) is 0 Å². The summed E-state index contributed by atoms with van der Waals surface area (Å²) in [5.41, 5.74) is 0. The molecule has 356 valence electrons. The lowest BCUT2D eigenvalue weighted by Crippen LogP contribution is -2.69. The van der Waals surface area contributed by atoms with Crippen molar-refractivity contribution >= 4 is 0 Å². The maximum absolute atomic E-state index is 11.5. The van der Waals surface area contributed by atoms with Gasteiger partial charge in [-0.1, -0.05) is 0 Å². The van der Waals surface area contributed by atoms with Crippen LogP contribution in [0.2, 0.25) is 0 Å². The minimum atomic E-state index is -2.17. The van der Waals surface area contributed by atoms with Crippen molar-refractivity contribution < 1.29 is 139 Å². The van der Waals surface area contributed by atoms with E-state index in [2.05, 4.69) is 0 Å². The molecule has 0 saturated carbocycles. The van der Waals surface area contributed by atoms with Crippen molar-refractivity contribution in [3.05, 3.63) is 0 Å². The summed E-state index contributed by atoms with van der Waals surface area (Å²) in [7, 11) is 0. The molecule has 0 aliphatic carbocycles. The zero-order valence-electron chi connectivity index (χ0n) is 31.9. The fraction of sp³-hybridized carbons (Fsp3) is 1.00. The molecule has 0 aromatic rings. The summed E-state index contributed by atoms with van der Waals surface area (Å²) in [6.45, 7) is -4.67. The van der Waals surface area contributed by atoms with E-state index in [4.69, 9.17) is 52.1 Å². The van der Waals surface area contributed by atoms with Crippen LogP contribution in [0, 0.1) is 0 Å². The lowest BCUT2D eigenvalue weighted by molar-refractivity contribution is -0.411. The average Bonchev–Trinajstić information content (AvgIpc) is 3.24. The summed E-state index contributed by atoms with van der Waals surface area (Å²) in [4.78, 5) is 0. The SMILES string of the molecule is OC[C@H]1O[C@H](O[C@H]2[C@H](O)[C@@H](CO)O[C@H](O)[C@H]2O[C@@H]2OC[C@@H](O)[C@H](O)[C@H]2O)[C@@H](O[C@@H]2OC[C@@H](O)[C@H](O)[C@H]2O)[C@@H](O[C@H]2O[C@H](CO)[C@@H](O[C@@H]3OC[C@@H](O)[C@H](O)[C@H]3O)[C@H](O)[C@@H]2O)[C@@H]1O. The van der Waals surface area contributed by atoms with Crippen LogP contribution in [0.3, 0.4) is 0 Å². The van der Waals surface area contributed by atoms with Gasteiger partial charge >= 0.3 is 0 Å². The zero-order chi connectivity index (χ0) is 44.6. The van der Waals surface area contributed by atoms with E-state index in [1.54, 1.807) is 0 Å². The van der Waals surface area contributed by atoms with Gasteiger partial charge in [0.15, 0.2) is 37.7 Å². The lowest BCUT2D eigenvalue weighted by Gasteiger charge is -2.51. The molecule has 6 fully saturated rings. The molecule has 6 rings (SSSR count). The van der Waals surface area contributed by atoms with Crippen LogP contribution < -0.4 is 0 Å². The van der Waals surface area contributed by atoms with Crippen molar-refractivity contribution in [2.75, 3.05) is 39.6 Å². The maximum atomic E-state index is 11.5. The molecular weight excluding hydrogens is 844 g/mol. The van der Waals surface area contributed by atoms with E-state index in [-0.39, 0.29) is 0 Å². The molecule has 0 amide bonds. The third kappa shape index (κ3) is 10.3. The van der Waals surface area contributed by atoms with Crippen molar-refractivity contribution in [2.24, 2.45) is 0 Å². The molecule has 0 aromatic heterocycles. The molecule has 17 N–H and O–H groups in total. The molecule has 28 heteroatoms. The Morgan fingerprint density at radius 3 is 1.11 bits per heavy atom. The van der Waals surface area contributed by atoms with E-state index in [9.17, 15) is 86.8 Å². The van der Waals surface area contributed by atoms with E-state index in [0.717, 1.165) is 0 Å². The summed E-state index contributed by atoms with van der Waals surface area (Å²) in [5.74, 6) is 0. The summed E-state index contributed by atoms with van der Waals surface area (Å²) in [6, 6.07) is 0. The number of aliphatic hydroxyl groups is 17. The third-order valence-electron chi connectivity index (χ3n) is 11.3. The fourth-order valence-electron chi connectivity index (χ4n) is 7.61. The van der Waals surface area contributed by atoms with Crippen molar-refractivity contribution in [1.82, 2.24) is 0 Å². The molecule has 0 unspecified atom stereocenters. The largest absolute Gasteiger partial charge is 0.394 e. The highest BCUT2D eigenvalue weighted by atomic mass is 16.8. The second-order valence-electron chi connectivity index (χ2n) is 15.4. The molecule has 6 aliphatic rings. The first kappa shape index (κ1) is 49.3. The van der Waals surface area contributed by atoms with Gasteiger partial charge in [-0.2, -0.15) is 0 Å². The van der Waals surface area contributed by atoms with Crippen LogP contribution in [0.25, 0.3) is 0 Å². The predicted octanol–water partition coefficient (Wildman–Crippen LogP) is -12.2. The van der Waals surface area contributed by atoms with Crippen molar-refractivity contribution in [2.45, 2.75) is 166 Å². The van der Waals surface area contributed by atoms with E-state index in [0.29, 0.717) is 0 Å². The molecule has 0 spiro atoms. The first-order chi connectivity index (χ1) is 28.9. The highest BCUT2D eigenvalue weighted by Crippen LogP contribution is 2.37. The van der Waals surface area contributed by atoms with E-state index in [1.165, 1.54) is 0 Å². The summed E-state index contributed by atoms with van der Waals surface area (Å²) >= 11 is 0. The Bertz CT molecular complexity index is 1360. The average molecular weight is 901 g/mol. The van der Waals surface area contributed by atoms with Gasteiger partial charge in [0.2, 0.25) is 0 Å². The van der Waals surface area contributed by atoms with Crippen molar-refractivity contribution in [3.8, 4) is 0 Å². The second kappa shape index (κ2) is 21.0. The Kier molecular flexibility index (Phi) is 17.0. The predicted molar refractivity (Wildman–Crippen MR) is 181 cm³/mol. The Morgan fingerprint density at radius 2 is 0.656 bits per heavy atom. The quantitative estimate of drug-likeness (QED) is 0.0816. The Labute approximate surface area is 344 Å². The van der Waals surface area contributed by atoms with Gasteiger partial charge in [-0.25, -0.2) is 0 Å². The highest BCUT2D eigenvalue weighted by molar-refractivity contribution is 4.99. The first-order valence-corrected chi connectivity index (χ1v) is 19.4. The van der Waals surface area contributed by atoms with Gasteiger partial charge in [0.1, 0.15) is 128 Å². The van der Waals surface area contributed by atoms with Crippen LogP contribution in [0.15, 0.2) is 0 Å². The summed E-state index contributed by atoms with van der Waals surface area (Å²) in [6.07, 6.45) is -50.7. The van der Waals surface area contributed by atoms with Crippen LogP contribution in [-0.4, -0.2) is 292 Å². The topological polar surface area (TPSA) is 445 Å². The standard InChI is InChI=1S/C33H56O28/c34-1-10-16(43)24(26(28(50)54-10)60-30-20(47)14(41)8(38)5-52-30)59-33-27(61-31-21(48)15(42)9(39)6-53-31)25(17(44)11(2-35)55-33)58-32-22(49)18(45)23(12(3-36)56-32)57-29-19(46)13(40)7(37)4-51-29/h7-50H,1-6H2/t7-,8-,9-,10-,11-,12-,13+,14+,15+,16-,17-,18-,19-,20-,21-,22+,23-,24+,25+,26+,27+,28+,29+,30+,31+,32-,33-/m1/s1. The van der Waals surface area contributed by atoms with Gasteiger partial charge in [-0.15, -0.1) is 0 Å². The van der Waals surface area contributed by atoms with Gasteiger partial charge in [0, 0.05) is 0 Å². The van der Waals surface area contributed by atoms with Crippen LogP contribution >= 0.6 is 0 Å². The first-order valence-electron chi connectivity index (χ1n) is 19.4. The Morgan fingerprint density at radius 1 is 0.311 bits per heavy atom. The molecule has 6 saturated heterocycles. The number of aliphatic hydroxyl groups excluding tert-OH is 17. The minimum absolute atomic E-state index is 0.515. The molecule has 6 aliphatic heterocycles. The van der Waals surface area contributed by atoms with Crippen molar-refractivity contribution in [3.63, 3.8) is 0 Å². The van der Waals surface area contributed by atoms with Crippen LogP contribution in [0.1, 0.15) is 0 Å². The van der Waals surface area contributed by atoms with Gasteiger partial charge in [-0.3, -0.25) is 0 Å². The number of ether oxygens (including phenoxy) is 11. The monoisotopic (exact) mass is 900 g/mol. The molecule has 6 heterocycles.